The average Bonchev–Trinajstić information content (AvgIpc) is 2.26. The molecule has 15 heavy (non-hydrogen) atoms. The quantitative estimate of drug-likeness (QED) is 0.768. The number of nitrogens with zero attached hydrogens (tertiary/aromatic N) is 1. The van der Waals surface area contributed by atoms with Gasteiger partial charge in [0.2, 0.25) is 0 Å². The van der Waals surface area contributed by atoms with Crippen molar-refractivity contribution in [1.82, 2.24) is 10.3 Å². The zero-order valence-corrected chi connectivity index (χ0v) is 8.97. The average molecular weight is 208 g/mol. The second-order valence-corrected chi connectivity index (χ2v) is 3.57. The molecule has 1 aromatic heterocycles. The lowest BCUT2D eigenvalue weighted by Gasteiger charge is -2.17. The highest BCUT2D eigenvalue weighted by atomic mass is 16.4. The fourth-order valence-corrected chi connectivity index (χ4v) is 1.42. The molecule has 82 valence electrons. The molecule has 0 aromatic carbocycles. The van der Waals surface area contributed by atoms with E-state index in [1.165, 1.54) is 0 Å². The van der Waals surface area contributed by atoms with Gasteiger partial charge in [0, 0.05) is 6.20 Å². The lowest BCUT2D eigenvalue weighted by Crippen LogP contribution is -2.23. The molecule has 4 nitrogen and oxygen atoms in total. The summed E-state index contributed by atoms with van der Waals surface area (Å²) in [5, 5.41) is 11.9. The minimum atomic E-state index is -0.772. The largest absolute Gasteiger partial charge is 0.481 e. The van der Waals surface area contributed by atoms with Crippen molar-refractivity contribution in [3.05, 3.63) is 30.1 Å². The van der Waals surface area contributed by atoms with E-state index in [0.29, 0.717) is 6.42 Å². The van der Waals surface area contributed by atoms with Gasteiger partial charge in [-0.25, -0.2) is 0 Å². The van der Waals surface area contributed by atoms with Crippen LogP contribution in [0.25, 0.3) is 0 Å². The van der Waals surface area contributed by atoms with Crippen molar-refractivity contribution in [3.8, 4) is 0 Å². The Morgan fingerprint density at radius 1 is 1.60 bits per heavy atom. The molecule has 0 fully saturated rings. The predicted molar refractivity (Wildman–Crippen MR) is 57.5 cm³/mol. The molecule has 0 aliphatic carbocycles. The fraction of sp³-hybridized carbons (Fsp3) is 0.455. The van der Waals surface area contributed by atoms with Gasteiger partial charge >= 0.3 is 5.97 Å². The molecule has 2 N–H and O–H groups in total. The molecule has 0 radical (unpaired) electrons. The maximum Gasteiger partial charge on any atom is 0.306 e. The standard InChI is InChI=1S/C11H16N2O2/c1-8(11(14)15)7-10(12-2)9-5-3-4-6-13-9/h3-6,8,10,12H,7H2,1-2H3,(H,14,15). The van der Waals surface area contributed by atoms with Crippen LogP contribution < -0.4 is 5.32 Å². The van der Waals surface area contributed by atoms with Gasteiger partial charge < -0.3 is 10.4 Å². The van der Waals surface area contributed by atoms with E-state index in [2.05, 4.69) is 10.3 Å². The number of hydrogen-bond acceptors (Lipinski definition) is 3. The molecule has 1 aromatic rings. The van der Waals surface area contributed by atoms with Gasteiger partial charge in [-0.05, 0) is 25.6 Å². The molecule has 0 spiro atoms. The van der Waals surface area contributed by atoms with Crippen molar-refractivity contribution in [3.63, 3.8) is 0 Å². The van der Waals surface area contributed by atoms with Crippen LogP contribution in [0.1, 0.15) is 25.1 Å². The van der Waals surface area contributed by atoms with Gasteiger partial charge in [-0.2, -0.15) is 0 Å². The molecule has 2 atom stereocenters. The molecule has 2 unspecified atom stereocenters. The van der Waals surface area contributed by atoms with E-state index in [9.17, 15) is 4.79 Å². The third-order valence-corrected chi connectivity index (χ3v) is 2.40. The van der Waals surface area contributed by atoms with Crippen LogP contribution >= 0.6 is 0 Å². The summed E-state index contributed by atoms with van der Waals surface area (Å²) in [5.41, 5.74) is 0.883. The monoisotopic (exact) mass is 208 g/mol. The van der Waals surface area contributed by atoms with E-state index in [1.54, 1.807) is 13.1 Å². The minimum absolute atomic E-state index is 0.00250. The first kappa shape index (κ1) is 11.7. The van der Waals surface area contributed by atoms with Crippen LogP contribution in [0.5, 0.6) is 0 Å². The van der Waals surface area contributed by atoms with Crippen molar-refractivity contribution >= 4 is 5.97 Å². The predicted octanol–water partition coefficient (Wildman–Crippen LogP) is 1.45. The van der Waals surface area contributed by atoms with Crippen LogP contribution in [-0.4, -0.2) is 23.1 Å². The van der Waals surface area contributed by atoms with Crippen LogP contribution in [0.2, 0.25) is 0 Å². The fourth-order valence-electron chi connectivity index (χ4n) is 1.42. The van der Waals surface area contributed by atoms with E-state index in [4.69, 9.17) is 5.11 Å². The summed E-state index contributed by atoms with van der Waals surface area (Å²) < 4.78 is 0. The van der Waals surface area contributed by atoms with Gasteiger partial charge in [-0.15, -0.1) is 0 Å². The van der Waals surface area contributed by atoms with Gasteiger partial charge in [-0.1, -0.05) is 13.0 Å². The Morgan fingerprint density at radius 3 is 2.80 bits per heavy atom. The number of carbonyl (C=O) groups is 1. The number of pyridine rings is 1. The molecule has 0 bridgehead atoms. The highest BCUT2D eigenvalue weighted by Gasteiger charge is 2.18. The number of nitrogens with one attached hydrogen (secondary N) is 1. The topological polar surface area (TPSA) is 62.2 Å². The highest BCUT2D eigenvalue weighted by Crippen LogP contribution is 2.18. The molecule has 4 heteroatoms. The summed E-state index contributed by atoms with van der Waals surface area (Å²) in [7, 11) is 1.81. The molecular weight excluding hydrogens is 192 g/mol. The normalized spacial score (nSPS) is 14.5. The highest BCUT2D eigenvalue weighted by molar-refractivity contribution is 5.69. The van der Waals surface area contributed by atoms with Crippen LogP contribution in [0.4, 0.5) is 0 Å². The maximum absolute atomic E-state index is 10.7. The summed E-state index contributed by atoms with van der Waals surface area (Å²) >= 11 is 0. The summed E-state index contributed by atoms with van der Waals surface area (Å²) in [4.78, 5) is 14.9. The van der Waals surface area contributed by atoms with Crippen molar-refractivity contribution in [2.24, 2.45) is 5.92 Å². The number of carboxylic acids is 1. The second-order valence-electron chi connectivity index (χ2n) is 3.57. The summed E-state index contributed by atoms with van der Waals surface area (Å²) in [6.07, 6.45) is 2.26. The molecule has 1 heterocycles. The first-order valence-electron chi connectivity index (χ1n) is 4.96. The van der Waals surface area contributed by atoms with Crippen molar-refractivity contribution in [1.29, 1.82) is 0 Å². The molecular formula is C11H16N2O2. The molecule has 0 saturated carbocycles. The smallest absolute Gasteiger partial charge is 0.306 e. The number of hydrogen-bond donors (Lipinski definition) is 2. The van der Waals surface area contributed by atoms with Crippen LogP contribution in [-0.2, 0) is 4.79 Å². The van der Waals surface area contributed by atoms with Gasteiger partial charge in [-0.3, -0.25) is 9.78 Å². The van der Waals surface area contributed by atoms with Gasteiger partial charge in [0.15, 0.2) is 0 Å². The molecule has 0 aliphatic heterocycles. The van der Waals surface area contributed by atoms with E-state index < -0.39 is 5.97 Å². The summed E-state index contributed by atoms with van der Waals surface area (Å²) in [5.74, 6) is -1.14. The van der Waals surface area contributed by atoms with E-state index in [0.717, 1.165) is 5.69 Å². The zero-order chi connectivity index (χ0) is 11.3. The molecule has 0 aliphatic rings. The van der Waals surface area contributed by atoms with E-state index in [1.807, 2.05) is 25.2 Å². The molecule has 1 rings (SSSR count). The van der Waals surface area contributed by atoms with E-state index >= 15 is 0 Å². The lowest BCUT2D eigenvalue weighted by atomic mass is 9.99. The SMILES string of the molecule is CNC(CC(C)C(=O)O)c1ccccn1. The third-order valence-electron chi connectivity index (χ3n) is 2.40. The first-order valence-corrected chi connectivity index (χ1v) is 4.96. The third kappa shape index (κ3) is 3.32. The Bertz CT molecular complexity index is 314. The van der Waals surface area contributed by atoms with Crippen LogP contribution in [0.3, 0.4) is 0 Å². The summed E-state index contributed by atoms with van der Waals surface area (Å²) in [6, 6.07) is 5.64. The Balaban J connectivity index is 2.69. The van der Waals surface area contributed by atoms with Crippen molar-refractivity contribution < 1.29 is 9.90 Å². The molecule has 0 amide bonds. The van der Waals surface area contributed by atoms with Gasteiger partial charge in [0.25, 0.3) is 0 Å². The minimum Gasteiger partial charge on any atom is -0.481 e. The number of aliphatic carboxylic acids is 1. The van der Waals surface area contributed by atoms with Crippen molar-refractivity contribution in [2.45, 2.75) is 19.4 Å². The Morgan fingerprint density at radius 2 is 2.33 bits per heavy atom. The zero-order valence-electron chi connectivity index (χ0n) is 8.97. The van der Waals surface area contributed by atoms with Crippen molar-refractivity contribution in [2.75, 3.05) is 7.05 Å². The number of rotatable bonds is 5. The maximum atomic E-state index is 10.7. The first-order chi connectivity index (χ1) is 7.15. The van der Waals surface area contributed by atoms with E-state index in [-0.39, 0.29) is 12.0 Å². The Labute approximate surface area is 89.3 Å². The van der Waals surface area contributed by atoms with Crippen LogP contribution in [0.15, 0.2) is 24.4 Å². The molecule has 0 saturated heterocycles. The Kier molecular flexibility index (Phi) is 4.24. The number of carboxylic acid groups (broad SMARTS) is 1. The van der Waals surface area contributed by atoms with Gasteiger partial charge in [0.05, 0.1) is 17.7 Å². The number of aromatic nitrogens is 1. The van der Waals surface area contributed by atoms with Crippen LogP contribution in [0, 0.1) is 5.92 Å². The second kappa shape index (κ2) is 5.46. The lowest BCUT2D eigenvalue weighted by molar-refractivity contribution is -0.141. The summed E-state index contributed by atoms with van der Waals surface area (Å²) in [6.45, 7) is 1.70. The Hall–Kier alpha value is -1.42. The van der Waals surface area contributed by atoms with Gasteiger partial charge in [0.1, 0.15) is 0 Å².